The van der Waals surface area contributed by atoms with Crippen molar-refractivity contribution in [1.29, 1.82) is 0 Å². The Hall–Kier alpha value is -1.40. The number of thiophene rings is 1. The van der Waals surface area contributed by atoms with Crippen molar-refractivity contribution in [2.75, 3.05) is 18.5 Å². The Morgan fingerprint density at radius 3 is 2.77 bits per heavy atom. The second-order valence-electron chi connectivity index (χ2n) is 6.34. The molecule has 2 aliphatic rings. The van der Waals surface area contributed by atoms with Gasteiger partial charge in [0.1, 0.15) is 0 Å². The molecular weight excluding hydrogens is 300 g/mol. The van der Waals surface area contributed by atoms with Crippen molar-refractivity contribution in [1.82, 2.24) is 4.90 Å². The van der Waals surface area contributed by atoms with Crippen molar-refractivity contribution < 1.29 is 14.3 Å². The highest BCUT2D eigenvalue weighted by Crippen LogP contribution is 2.33. The number of ether oxygens (including phenoxy) is 1. The quantitative estimate of drug-likeness (QED) is 0.931. The number of carbonyl (C=O) groups excluding carboxylic acids is 2. The number of rotatable bonds is 3. The fourth-order valence-electron chi connectivity index (χ4n) is 2.64. The molecule has 2 atom stereocenters. The molecule has 3 rings (SSSR count). The van der Waals surface area contributed by atoms with Crippen LogP contribution in [0.3, 0.4) is 0 Å². The van der Waals surface area contributed by atoms with Gasteiger partial charge in [-0.3, -0.25) is 9.59 Å². The molecule has 2 unspecified atom stereocenters. The summed E-state index contributed by atoms with van der Waals surface area (Å²) < 4.78 is 5.58. The van der Waals surface area contributed by atoms with Gasteiger partial charge in [0.2, 0.25) is 5.91 Å². The summed E-state index contributed by atoms with van der Waals surface area (Å²) in [4.78, 5) is 27.2. The fraction of sp³-hybridized carbons (Fsp3) is 0.625. The summed E-state index contributed by atoms with van der Waals surface area (Å²) in [6.07, 6.45) is 2.02. The van der Waals surface area contributed by atoms with E-state index in [9.17, 15) is 9.59 Å². The molecule has 6 heteroatoms. The maximum atomic E-state index is 12.8. The Morgan fingerprint density at radius 1 is 1.36 bits per heavy atom. The summed E-state index contributed by atoms with van der Waals surface area (Å²) in [5.41, 5.74) is 0.924. The molecule has 2 fully saturated rings. The summed E-state index contributed by atoms with van der Waals surface area (Å²) in [6, 6.07) is 1.97. The minimum atomic E-state index is 0.0390. The Balaban J connectivity index is 1.74. The second kappa shape index (κ2) is 6.01. The highest BCUT2D eigenvalue weighted by molar-refractivity contribution is 7.18. The molecule has 0 radical (unpaired) electrons. The van der Waals surface area contributed by atoms with E-state index >= 15 is 0 Å². The zero-order valence-electron chi connectivity index (χ0n) is 13.2. The van der Waals surface area contributed by atoms with Gasteiger partial charge in [0.15, 0.2) is 0 Å². The lowest BCUT2D eigenvalue weighted by atomic mass is 10.1. The molecule has 1 saturated carbocycles. The van der Waals surface area contributed by atoms with E-state index in [0.29, 0.717) is 18.0 Å². The average Bonchev–Trinajstić information content (AvgIpc) is 3.26. The molecule has 1 aliphatic carbocycles. The third-order valence-corrected chi connectivity index (χ3v) is 5.32. The van der Waals surface area contributed by atoms with Crippen LogP contribution in [0.25, 0.3) is 0 Å². The summed E-state index contributed by atoms with van der Waals surface area (Å²) in [5, 5.41) is 3.70. The first kappa shape index (κ1) is 15.5. The van der Waals surface area contributed by atoms with Gasteiger partial charge in [-0.1, -0.05) is 0 Å². The number of morpholine rings is 1. The minimum absolute atomic E-state index is 0.0390. The number of hydrogen-bond donors (Lipinski definition) is 1. The SMILES string of the molecule is Cc1cc(NC(=O)C2CC2)sc1C(=O)N1CC(C)OCC1C. The second-order valence-corrected chi connectivity index (χ2v) is 7.39. The van der Waals surface area contributed by atoms with Crippen molar-refractivity contribution in [3.63, 3.8) is 0 Å². The van der Waals surface area contributed by atoms with Crippen molar-refractivity contribution >= 4 is 28.2 Å². The highest BCUT2D eigenvalue weighted by Gasteiger charge is 2.32. The molecular formula is C16H22N2O3S. The minimum Gasteiger partial charge on any atom is -0.375 e. The maximum Gasteiger partial charge on any atom is 0.264 e. The molecule has 5 nitrogen and oxygen atoms in total. The van der Waals surface area contributed by atoms with Crippen molar-refractivity contribution in [2.24, 2.45) is 5.92 Å². The van der Waals surface area contributed by atoms with E-state index in [0.717, 1.165) is 23.4 Å². The predicted octanol–water partition coefficient (Wildman–Crippen LogP) is 2.65. The van der Waals surface area contributed by atoms with E-state index in [1.807, 2.05) is 31.7 Å². The molecule has 1 aromatic rings. The lowest BCUT2D eigenvalue weighted by Crippen LogP contribution is -2.50. The van der Waals surface area contributed by atoms with E-state index < -0.39 is 0 Å². The number of nitrogens with one attached hydrogen (secondary N) is 1. The Morgan fingerprint density at radius 2 is 2.09 bits per heavy atom. The van der Waals surface area contributed by atoms with Crippen LogP contribution in [0.2, 0.25) is 0 Å². The van der Waals surface area contributed by atoms with Crippen LogP contribution in [0.15, 0.2) is 6.07 Å². The Kier molecular flexibility index (Phi) is 4.23. The van der Waals surface area contributed by atoms with E-state index in [-0.39, 0.29) is 29.9 Å². The van der Waals surface area contributed by atoms with Crippen LogP contribution < -0.4 is 5.32 Å². The molecule has 1 aliphatic heterocycles. The van der Waals surface area contributed by atoms with Gasteiger partial charge in [-0.25, -0.2) is 0 Å². The van der Waals surface area contributed by atoms with E-state index in [4.69, 9.17) is 4.74 Å². The first-order valence-electron chi connectivity index (χ1n) is 7.79. The van der Waals surface area contributed by atoms with Gasteiger partial charge in [0, 0.05) is 12.5 Å². The number of carbonyl (C=O) groups is 2. The molecule has 0 bridgehead atoms. The summed E-state index contributed by atoms with van der Waals surface area (Å²) in [7, 11) is 0. The van der Waals surface area contributed by atoms with Crippen molar-refractivity contribution in [3.05, 3.63) is 16.5 Å². The molecule has 120 valence electrons. The molecule has 1 aromatic heterocycles. The predicted molar refractivity (Wildman–Crippen MR) is 86.3 cm³/mol. The van der Waals surface area contributed by atoms with Crippen LogP contribution in [0, 0.1) is 12.8 Å². The van der Waals surface area contributed by atoms with Crippen molar-refractivity contribution in [2.45, 2.75) is 45.8 Å². The van der Waals surface area contributed by atoms with E-state index in [2.05, 4.69) is 5.32 Å². The lowest BCUT2D eigenvalue weighted by molar-refractivity contribution is -0.117. The molecule has 2 amide bonds. The van der Waals surface area contributed by atoms with Gasteiger partial charge in [-0.15, -0.1) is 11.3 Å². The number of anilines is 1. The van der Waals surface area contributed by atoms with Crippen LogP contribution >= 0.6 is 11.3 Å². The number of amides is 2. The van der Waals surface area contributed by atoms with Crippen LogP contribution in [0.1, 0.15) is 41.9 Å². The van der Waals surface area contributed by atoms with Gasteiger partial charge in [-0.05, 0) is 45.2 Å². The summed E-state index contributed by atoms with van der Waals surface area (Å²) >= 11 is 1.37. The largest absolute Gasteiger partial charge is 0.375 e. The topological polar surface area (TPSA) is 58.6 Å². The normalized spacial score (nSPS) is 25.1. The average molecular weight is 322 g/mol. The maximum absolute atomic E-state index is 12.8. The van der Waals surface area contributed by atoms with Gasteiger partial charge in [0.05, 0.1) is 28.6 Å². The number of aryl methyl sites for hydroxylation is 1. The van der Waals surface area contributed by atoms with Gasteiger partial charge >= 0.3 is 0 Å². The number of nitrogens with zero attached hydrogens (tertiary/aromatic N) is 1. The highest BCUT2D eigenvalue weighted by atomic mass is 32.1. The molecule has 0 aromatic carbocycles. The standard InChI is InChI=1S/C16H22N2O3S/c1-9-6-13(17-15(19)12-4-5-12)22-14(9)16(20)18-7-11(3)21-8-10(18)2/h6,10-12H,4-5,7-8H2,1-3H3,(H,17,19). The first-order valence-corrected chi connectivity index (χ1v) is 8.61. The smallest absolute Gasteiger partial charge is 0.264 e. The van der Waals surface area contributed by atoms with Gasteiger partial charge < -0.3 is 15.0 Å². The van der Waals surface area contributed by atoms with E-state index in [1.165, 1.54) is 11.3 Å². The monoisotopic (exact) mass is 322 g/mol. The molecule has 0 spiro atoms. The Bertz CT molecular complexity index is 594. The summed E-state index contributed by atoms with van der Waals surface area (Å²) in [5.74, 6) is 0.285. The third-order valence-electron chi connectivity index (χ3n) is 4.18. The molecule has 1 saturated heterocycles. The zero-order valence-corrected chi connectivity index (χ0v) is 14.0. The first-order chi connectivity index (χ1) is 10.5. The van der Waals surface area contributed by atoms with Crippen LogP contribution in [-0.4, -0.2) is 42.0 Å². The molecule has 2 heterocycles. The van der Waals surface area contributed by atoms with Crippen LogP contribution in [0.4, 0.5) is 5.00 Å². The zero-order chi connectivity index (χ0) is 15.9. The van der Waals surface area contributed by atoms with E-state index in [1.54, 1.807) is 0 Å². The summed E-state index contributed by atoms with van der Waals surface area (Å²) in [6.45, 7) is 7.09. The fourth-order valence-corrected chi connectivity index (χ4v) is 3.67. The van der Waals surface area contributed by atoms with Crippen LogP contribution in [-0.2, 0) is 9.53 Å². The number of hydrogen-bond acceptors (Lipinski definition) is 4. The Labute approximate surface area is 134 Å². The van der Waals surface area contributed by atoms with Gasteiger partial charge in [-0.2, -0.15) is 0 Å². The van der Waals surface area contributed by atoms with Crippen LogP contribution in [0.5, 0.6) is 0 Å². The third kappa shape index (κ3) is 3.17. The lowest BCUT2D eigenvalue weighted by Gasteiger charge is -2.36. The molecule has 22 heavy (non-hydrogen) atoms. The molecule has 1 N–H and O–H groups in total. The van der Waals surface area contributed by atoms with Gasteiger partial charge in [0.25, 0.3) is 5.91 Å². The van der Waals surface area contributed by atoms with Crippen molar-refractivity contribution in [3.8, 4) is 0 Å².